The average molecular weight is 724 g/mol. The monoisotopic (exact) mass is 723 g/mol. The number of hydrogen-bond donors (Lipinski definition) is 0. The fraction of sp³-hybridized carbons (Fsp3) is 0.0408. The highest BCUT2D eigenvalue weighted by Gasteiger charge is 2.34. The predicted octanol–water partition coefficient (Wildman–Crippen LogP) is 13.2. The van der Waals surface area contributed by atoms with Crippen LogP contribution in [0.1, 0.15) is 11.5 Å². The maximum absolute atomic E-state index is 6.64. The van der Waals surface area contributed by atoms with Crippen molar-refractivity contribution in [2.24, 2.45) is 0 Å². The van der Waals surface area contributed by atoms with Crippen LogP contribution in [-0.2, 0) is 0 Å². The first-order valence-corrected chi connectivity index (χ1v) is 19.4. The molecule has 55 heavy (non-hydrogen) atoms. The first-order chi connectivity index (χ1) is 27.2. The van der Waals surface area contributed by atoms with Crippen LogP contribution in [0.3, 0.4) is 0 Å². The Morgan fingerprint density at radius 3 is 1.96 bits per heavy atom. The Morgan fingerprint density at radius 1 is 0.455 bits per heavy atom. The van der Waals surface area contributed by atoms with Crippen molar-refractivity contribution >= 4 is 66.4 Å². The summed E-state index contributed by atoms with van der Waals surface area (Å²) in [6.45, 7) is 0. The van der Waals surface area contributed by atoms with Gasteiger partial charge in [0.05, 0.1) is 0 Å². The molecule has 0 saturated carbocycles. The van der Waals surface area contributed by atoms with Gasteiger partial charge in [-0.15, -0.1) is 11.8 Å². The fourth-order valence-corrected chi connectivity index (χ4v) is 9.93. The number of hydrogen-bond acceptors (Lipinski definition) is 6. The van der Waals surface area contributed by atoms with Gasteiger partial charge in [-0.25, -0.2) is 15.0 Å². The van der Waals surface area contributed by atoms with Gasteiger partial charge in [0.2, 0.25) is 0 Å². The first kappa shape index (κ1) is 30.7. The van der Waals surface area contributed by atoms with Gasteiger partial charge in [-0.3, -0.25) is 0 Å². The lowest BCUT2D eigenvalue weighted by atomic mass is 9.89. The molecule has 0 bridgehead atoms. The van der Waals surface area contributed by atoms with Crippen LogP contribution >= 0.6 is 11.8 Å². The van der Waals surface area contributed by atoms with Crippen molar-refractivity contribution in [1.82, 2.24) is 15.0 Å². The maximum Gasteiger partial charge on any atom is 0.164 e. The number of benzene rings is 7. The van der Waals surface area contributed by atoms with Crippen molar-refractivity contribution in [2.75, 3.05) is 0 Å². The SMILES string of the molecule is C1=CC2Sc3cccc(-c4nc(-c5ccc6ccccc6c5)nc(-c5cc(-c6cccc7oc8ccccc8c67)cc6oc7ccccc7c56)n4)c3C2C=C1. The molecule has 0 amide bonds. The second kappa shape index (κ2) is 11.9. The molecule has 12 rings (SSSR count). The fourth-order valence-electron chi connectivity index (χ4n) is 8.57. The van der Waals surface area contributed by atoms with E-state index in [4.69, 9.17) is 23.8 Å². The zero-order valence-electron chi connectivity index (χ0n) is 29.3. The van der Waals surface area contributed by atoms with E-state index in [2.05, 4.69) is 133 Å². The standard InChI is InChI=1S/C49H29N3O2S/c1-2-12-29-25-30(24-23-28(29)11-1)47-50-48(36-17-10-22-43-46(36)35-15-5-8-21-42(35)55-43)52-49(51-47)37-26-31(27-41-45(37)34-14-4-7-19-39(34)54-41)32-16-9-20-40-44(32)33-13-3-6-18-38(33)53-40/h1-27,35,42H. The van der Waals surface area contributed by atoms with Gasteiger partial charge in [-0.05, 0) is 69.9 Å². The zero-order valence-corrected chi connectivity index (χ0v) is 30.1. The van der Waals surface area contributed by atoms with Gasteiger partial charge in [-0.1, -0.05) is 121 Å². The summed E-state index contributed by atoms with van der Waals surface area (Å²) in [6.07, 6.45) is 8.92. The Hall–Kier alpha value is -6.76. The van der Waals surface area contributed by atoms with Gasteiger partial charge < -0.3 is 8.83 Å². The van der Waals surface area contributed by atoms with E-state index in [1.807, 2.05) is 42.1 Å². The number of aromatic nitrogens is 3. The average Bonchev–Trinajstić information content (AvgIpc) is 3.94. The molecule has 2 unspecified atom stereocenters. The summed E-state index contributed by atoms with van der Waals surface area (Å²) in [5, 5.41) is 6.77. The van der Waals surface area contributed by atoms with Crippen molar-refractivity contribution in [3.63, 3.8) is 0 Å². The number of thioether (sulfide) groups is 1. The molecule has 2 atom stereocenters. The second-order valence-corrected chi connectivity index (χ2v) is 15.5. The van der Waals surface area contributed by atoms with Gasteiger partial charge in [0.25, 0.3) is 0 Å². The van der Waals surface area contributed by atoms with E-state index in [0.29, 0.717) is 22.7 Å². The molecule has 10 aromatic rings. The van der Waals surface area contributed by atoms with Crippen molar-refractivity contribution in [3.8, 4) is 45.3 Å². The summed E-state index contributed by atoms with van der Waals surface area (Å²) >= 11 is 1.91. The third-order valence-electron chi connectivity index (χ3n) is 11.1. The summed E-state index contributed by atoms with van der Waals surface area (Å²) in [5.74, 6) is 2.11. The van der Waals surface area contributed by atoms with Crippen LogP contribution in [0.2, 0.25) is 0 Å². The van der Waals surface area contributed by atoms with Gasteiger partial charge >= 0.3 is 0 Å². The quantitative estimate of drug-likeness (QED) is 0.180. The van der Waals surface area contributed by atoms with Gasteiger partial charge in [0, 0.05) is 54.3 Å². The molecular formula is C49H29N3O2S. The minimum Gasteiger partial charge on any atom is -0.456 e. The number of rotatable bonds is 4. The molecule has 0 N–H and O–H groups in total. The molecule has 1 aliphatic carbocycles. The third-order valence-corrected chi connectivity index (χ3v) is 12.4. The van der Waals surface area contributed by atoms with E-state index in [9.17, 15) is 0 Å². The minimum absolute atomic E-state index is 0.239. The largest absolute Gasteiger partial charge is 0.456 e. The number of furan rings is 2. The Morgan fingerprint density at radius 2 is 1.11 bits per heavy atom. The van der Waals surface area contributed by atoms with Crippen LogP contribution in [0.15, 0.2) is 178 Å². The summed E-state index contributed by atoms with van der Waals surface area (Å²) in [4.78, 5) is 17.3. The first-order valence-electron chi connectivity index (χ1n) is 18.5. The van der Waals surface area contributed by atoms with Crippen molar-refractivity contribution in [1.29, 1.82) is 0 Å². The second-order valence-electron chi connectivity index (χ2n) is 14.2. The molecule has 7 aromatic carbocycles. The molecule has 6 heteroatoms. The number of fused-ring (bicyclic) bond motifs is 10. The summed E-state index contributed by atoms with van der Waals surface area (Å²) in [6, 6.07) is 48.4. The Bertz CT molecular complexity index is 3280. The van der Waals surface area contributed by atoms with Gasteiger partial charge in [0.1, 0.15) is 22.3 Å². The van der Waals surface area contributed by atoms with Crippen LogP contribution < -0.4 is 0 Å². The van der Waals surface area contributed by atoms with E-state index in [0.717, 1.165) is 77.1 Å². The van der Waals surface area contributed by atoms with Crippen LogP contribution in [-0.4, -0.2) is 20.2 Å². The van der Waals surface area contributed by atoms with E-state index in [1.165, 1.54) is 15.8 Å². The summed E-state index contributed by atoms with van der Waals surface area (Å²) < 4.78 is 13.0. The predicted molar refractivity (Wildman–Crippen MR) is 224 cm³/mol. The number of nitrogens with zero attached hydrogens (tertiary/aromatic N) is 3. The van der Waals surface area contributed by atoms with Crippen LogP contribution in [0.5, 0.6) is 0 Å². The Labute approximate surface area is 319 Å². The van der Waals surface area contributed by atoms with E-state index >= 15 is 0 Å². The smallest absolute Gasteiger partial charge is 0.164 e. The van der Waals surface area contributed by atoms with E-state index in [-0.39, 0.29) is 5.92 Å². The molecule has 1 aliphatic heterocycles. The van der Waals surface area contributed by atoms with Crippen LogP contribution in [0.25, 0.3) is 99.9 Å². The van der Waals surface area contributed by atoms with E-state index in [1.54, 1.807) is 0 Å². The molecule has 0 spiro atoms. The molecule has 0 saturated heterocycles. The van der Waals surface area contributed by atoms with Gasteiger partial charge in [-0.2, -0.15) is 0 Å². The highest BCUT2D eigenvalue weighted by atomic mass is 32.2. The van der Waals surface area contributed by atoms with Gasteiger partial charge in [0.15, 0.2) is 17.5 Å². The van der Waals surface area contributed by atoms with Crippen molar-refractivity contribution in [3.05, 3.63) is 169 Å². The lowest BCUT2D eigenvalue weighted by molar-refractivity contribution is 0.668. The Balaban J connectivity index is 1.16. The lowest BCUT2D eigenvalue weighted by Gasteiger charge is -2.17. The molecule has 0 radical (unpaired) electrons. The molecule has 4 heterocycles. The topological polar surface area (TPSA) is 65.0 Å². The minimum atomic E-state index is 0.239. The molecule has 258 valence electrons. The van der Waals surface area contributed by atoms with Crippen molar-refractivity contribution in [2.45, 2.75) is 16.1 Å². The third kappa shape index (κ3) is 4.78. The highest BCUT2D eigenvalue weighted by molar-refractivity contribution is 8.00. The summed E-state index contributed by atoms with van der Waals surface area (Å²) in [5.41, 5.74) is 9.44. The normalized spacial score (nSPS) is 16.1. The number of para-hydroxylation sites is 2. The zero-order chi connectivity index (χ0) is 36.0. The van der Waals surface area contributed by atoms with Crippen LogP contribution in [0, 0.1) is 0 Å². The molecule has 3 aromatic heterocycles. The maximum atomic E-state index is 6.64. The van der Waals surface area contributed by atoms with Crippen LogP contribution in [0.4, 0.5) is 0 Å². The molecule has 2 aliphatic rings. The molecular weight excluding hydrogens is 695 g/mol. The van der Waals surface area contributed by atoms with Crippen molar-refractivity contribution < 1.29 is 8.83 Å². The number of allylic oxidation sites excluding steroid dienone is 3. The van der Waals surface area contributed by atoms with E-state index < -0.39 is 0 Å². The Kier molecular flexibility index (Phi) is 6.62. The lowest BCUT2D eigenvalue weighted by Crippen LogP contribution is -2.09. The summed E-state index contributed by atoms with van der Waals surface area (Å²) in [7, 11) is 0. The molecule has 5 nitrogen and oxygen atoms in total. The molecule has 0 fully saturated rings. The highest BCUT2D eigenvalue weighted by Crippen LogP contribution is 2.51.